The van der Waals surface area contributed by atoms with E-state index in [-0.39, 0.29) is 0 Å². The molecule has 0 atom stereocenters. The molecule has 1 rings (SSSR count). The van der Waals surface area contributed by atoms with Gasteiger partial charge in [-0.25, -0.2) is 0 Å². The number of hydrogen-bond acceptors (Lipinski definition) is 1. The number of aromatic nitrogens is 1. The molecule has 0 N–H and O–H groups in total. The maximum absolute atomic E-state index is 4.57. The number of hydrogen-bond donors (Lipinski definition) is 0. The van der Waals surface area contributed by atoms with Gasteiger partial charge in [-0.2, -0.15) is 0 Å². The molecule has 0 saturated carbocycles. The van der Waals surface area contributed by atoms with Crippen LogP contribution in [-0.4, -0.2) is 24.7 Å². The molecule has 0 amide bonds. The number of pyridine rings is 1. The fraction of sp³-hybridized carbons (Fsp3) is 0.737. The molecule has 1 aromatic rings. The maximum atomic E-state index is 4.57. The van der Waals surface area contributed by atoms with Crippen molar-refractivity contribution in [2.24, 2.45) is 0 Å². The second kappa shape index (κ2) is 19.9. The monoisotopic (exact) mass is 400 g/mol. The van der Waals surface area contributed by atoms with Gasteiger partial charge in [0.1, 0.15) is 0 Å². The van der Waals surface area contributed by atoms with Crippen molar-refractivity contribution < 1.29 is 0 Å². The molecule has 0 aliphatic carbocycles. The van der Waals surface area contributed by atoms with Crippen LogP contribution < -0.4 is 3.71 Å². The van der Waals surface area contributed by atoms with Crippen molar-refractivity contribution in [3.63, 3.8) is 0 Å². The van der Waals surface area contributed by atoms with E-state index in [1.54, 1.807) is 0 Å². The van der Waals surface area contributed by atoms with Crippen LogP contribution in [0, 0.1) is 0 Å². The molecular weight excluding hydrogens is 361 g/mol. The Labute approximate surface area is 141 Å². The standard InChI is InChI=1S/C5H4N.C4H10.2C4H9.C2H6.Sn/c1-2-4-6-5-3-1;3*1-3-4-2;1-2;/h1-4H;3-4H2,1-2H3;2*1,3-4H2,2H3;1-2H3;. The number of unbranched alkanes of at least 4 members (excludes halogenated alkanes) is 3. The SMILES string of the molecule is CC.CCCC.CCC[CH2][Sn]([CH2]CCC)[c]1ccccn1. The quantitative estimate of drug-likeness (QED) is 0.473. The molecule has 0 aliphatic heterocycles. The Morgan fingerprint density at radius 2 is 1.33 bits per heavy atom. The summed E-state index contributed by atoms with van der Waals surface area (Å²) in [7, 11) is 0. The van der Waals surface area contributed by atoms with E-state index < -0.39 is 19.8 Å². The summed E-state index contributed by atoms with van der Waals surface area (Å²) in [6.45, 7) is 12.9. The van der Waals surface area contributed by atoms with Gasteiger partial charge in [0.25, 0.3) is 0 Å². The van der Waals surface area contributed by atoms with E-state index in [4.69, 9.17) is 0 Å². The Hall–Kier alpha value is -0.0513. The van der Waals surface area contributed by atoms with Gasteiger partial charge in [0.15, 0.2) is 0 Å². The Bertz CT molecular complexity index is 264. The van der Waals surface area contributed by atoms with Gasteiger partial charge in [0, 0.05) is 0 Å². The first-order chi connectivity index (χ1) is 10.3. The molecule has 1 nitrogen and oxygen atoms in total. The normalized spacial score (nSPS) is 9.48. The fourth-order valence-corrected chi connectivity index (χ4v) is 10.0. The third kappa shape index (κ3) is 14.6. The minimum absolute atomic E-state index is 1.32. The zero-order valence-electron chi connectivity index (χ0n) is 15.4. The van der Waals surface area contributed by atoms with E-state index >= 15 is 0 Å². The molecule has 0 fully saturated rings. The first kappa shape index (κ1) is 23.2. The first-order valence-electron chi connectivity index (χ1n) is 9.06. The number of nitrogens with zero attached hydrogens (tertiary/aromatic N) is 1. The minimum atomic E-state index is -1.33. The van der Waals surface area contributed by atoms with Crippen LogP contribution in [0.25, 0.3) is 0 Å². The Balaban J connectivity index is 0. The van der Waals surface area contributed by atoms with Gasteiger partial charge in [-0.3, -0.25) is 0 Å². The van der Waals surface area contributed by atoms with Gasteiger partial charge in [-0.1, -0.05) is 40.5 Å². The first-order valence-corrected chi connectivity index (χ1v) is 14.5. The van der Waals surface area contributed by atoms with E-state index in [1.807, 2.05) is 26.1 Å². The van der Waals surface area contributed by atoms with Gasteiger partial charge in [0.2, 0.25) is 0 Å². The topological polar surface area (TPSA) is 12.9 Å². The van der Waals surface area contributed by atoms with Crippen molar-refractivity contribution in [2.75, 3.05) is 0 Å². The van der Waals surface area contributed by atoms with Gasteiger partial charge in [0.05, 0.1) is 0 Å². The van der Waals surface area contributed by atoms with Crippen LogP contribution in [0.5, 0.6) is 0 Å². The molecule has 0 aliphatic rings. The summed E-state index contributed by atoms with van der Waals surface area (Å²) >= 11 is -1.33. The second-order valence-electron chi connectivity index (χ2n) is 5.03. The van der Waals surface area contributed by atoms with Crippen molar-refractivity contribution >= 4 is 23.5 Å². The summed E-state index contributed by atoms with van der Waals surface area (Å²) in [5.74, 6) is 0. The van der Waals surface area contributed by atoms with Crippen LogP contribution in [-0.2, 0) is 0 Å². The summed E-state index contributed by atoms with van der Waals surface area (Å²) in [5, 5.41) is 0. The summed E-state index contributed by atoms with van der Waals surface area (Å²) in [6, 6.07) is 6.45. The molecule has 123 valence electrons. The zero-order chi connectivity index (χ0) is 16.3. The molecule has 1 radical (unpaired) electrons. The zero-order valence-corrected chi connectivity index (χ0v) is 18.3. The van der Waals surface area contributed by atoms with Gasteiger partial charge >= 0.3 is 101 Å². The molecule has 21 heavy (non-hydrogen) atoms. The van der Waals surface area contributed by atoms with E-state index in [0.29, 0.717) is 0 Å². The average molecular weight is 399 g/mol. The van der Waals surface area contributed by atoms with E-state index in [9.17, 15) is 0 Å². The molecule has 0 aromatic carbocycles. The van der Waals surface area contributed by atoms with Crippen molar-refractivity contribution in [3.05, 3.63) is 24.4 Å². The van der Waals surface area contributed by atoms with Gasteiger partial charge < -0.3 is 0 Å². The summed E-state index contributed by atoms with van der Waals surface area (Å²) in [5.41, 5.74) is 0. The molecule has 2 heteroatoms. The molecule has 0 saturated heterocycles. The second-order valence-corrected chi connectivity index (χ2v) is 12.8. The summed E-state index contributed by atoms with van der Waals surface area (Å²) in [6.07, 6.45) is 10.1. The van der Waals surface area contributed by atoms with E-state index in [2.05, 4.69) is 44.8 Å². The van der Waals surface area contributed by atoms with Gasteiger partial charge in [-0.05, 0) is 0 Å². The molecular formula is C19H38NSn. The number of rotatable bonds is 8. The van der Waals surface area contributed by atoms with Crippen LogP contribution in [0.1, 0.15) is 80.1 Å². The Morgan fingerprint density at radius 1 is 0.810 bits per heavy atom. The summed E-state index contributed by atoms with van der Waals surface area (Å²) < 4.78 is 4.48. The van der Waals surface area contributed by atoms with Crippen molar-refractivity contribution in [3.8, 4) is 0 Å². The predicted octanol–water partition coefficient (Wildman–Crippen LogP) is 6.22. The Morgan fingerprint density at radius 3 is 1.67 bits per heavy atom. The predicted molar refractivity (Wildman–Crippen MR) is 101 cm³/mol. The van der Waals surface area contributed by atoms with E-state index in [0.717, 1.165) is 0 Å². The van der Waals surface area contributed by atoms with Crippen LogP contribution in [0.15, 0.2) is 24.4 Å². The molecule has 0 unspecified atom stereocenters. The molecule has 1 aromatic heterocycles. The van der Waals surface area contributed by atoms with Crippen LogP contribution in [0.3, 0.4) is 0 Å². The third-order valence-corrected chi connectivity index (χ3v) is 11.6. The van der Waals surface area contributed by atoms with E-state index in [1.165, 1.54) is 51.1 Å². The summed E-state index contributed by atoms with van der Waals surface area (Å²) in [4.78, 5) is 4.57. The third-order valence-electron chi connectivity index (χ3n) is 3.19. The molecule has 0 bridgehead atoms. The molecule has 0 spiro atoms. The van der Waals surface area contributed by atoms with Crippen molar-refractivity contribution in [1.29, 1.82) is 0 Å². The van der Waals surface area contributed by atoms with Crippen LogP contribution in [0.4, 0.5) is 0 Å². The van der Waals surface area contributed by atoms with Crippen molar-refractivity contribution in [2.45, 2.75) is 88.9 Å². The molecule has 1 heterocycles. The average Bonchev–Trinajstić information content (AvgIpc) is 2.58. The fourth-order valence-electron chi connectivity index (χ4n) is 1.73. The Kier molecular flexibility index (Phi) is 22.1. The van der Waals surface area contributed by atoms with Gasteiger partial charge in [-0.15, -0.1) is 0 Å². The van der Waals surface area contributed by atoms with Crippen LogP contribution >= 0.6 is 0 Å². The van der Waals surface area contributed by atoms with Crippen molar-refractivity contribution in [1.82, 2.24) is 4.98 Å². The van der Waals surface area contributed by atoms with Crippen LogP contribution in [0.2, 0.25) is 8.87 Å².